The predicted molar refractivity (Wildman–Crippen MR) is 131 cm³/mol. The van der Waals surface area contributed by atoms with Crippen molar-refractivity contribution in [3.8, 4) is 5.69 Å². The minimum Gasteiger partial charge on any atom is -0.340 e. The molecule has 0 fully saturated rings. The Morgan fingerprint density at radius 3 is 2.55 bits per heavy atom. The minimum atomic E-state index is -0.581. The third-order valence-corrected chi connectivity index (χ3v) is 6.50. The summed E-state index contributed by atoms with van der Waals surface area (Å²) in [7, 11) is 1.74. The van der Waals surface area contributed by atoms with Crippen molar-refractivity contribution in [2.75, 3.05) is 7.05 Å². The van der Waals surface area contributed by atoms with Gasteiger partial charge in [-0.1, -0.05) is 65.8 Å². The fraction of sp³-hybridized carbons (Fsp3) is 0.160. The van der Waals surface area contributed by atoms with Gasteiger partial charge in [0.1, 0.15) is 5.82 Å². The van der Waals surface area contributed by atoms with Crippen LogP contribution in [-0.2, 0) is 11.3 Å². The lowest BCUT2D eigenvalue weighted by molar-refractivity contribution is -0.129. The van der Waals surface area contributed by atoms with Gasteiger partial charge in [0, 0.05) is 13.6 Å². The number of amides is 1. The Bertz CT molecular complexity index is 1380. The first kappa shape index (κ1) is 23.0. The number of hydrogen-bond donors (Lipinski definition) is 0. The van der Waals surface area contributed by atoms with Gasteiger partial charge in [-0.25, -0.2) is 9.37 Å². The van der Waals surface area contributed by atoms with Crippen LogP contribution in [0.15, 0.2) is 82.7 Å². The van der Waals surface area contributed by atoms with Gasteiger partial charge in [0.2, 0.25) is 5.91 Å². The summed E-state index contributed by atoms with van der Waals surface area (Å²) in [6, 6.07) is 20.7. The first-order valence-electron chi connectivity index (χ1n) is 10.3. The number of benzene rings is 3. The van der Waals surface area contributed by atoms with Gasteiger partial charge in [0.05, 0.1) is 26.9 Å². The highest BCUT2D eigenvalue weighted by Gasteiger charge is 2.23. The molecule has 5 nitrogen and oxygen atoms in total. The summed E-state index contributed by atoms with van der Waals surface area (Å²) in [5, 5.41) is 0.127. The van der Waals surface area contributed by atoms with Crippen molar-refractivity contribution in [3.05, 3.63) is 99.6 Å². The van der Waals surface area contributed by atoms with E-state index in [1.54, 1.807) is 43.1 Å². The van der Waals surface area contributed by atoms with E-state index in [1.165, 1.54) is 34.5 Å². The number of thioether (sulfide) groups is 1. The highest BCUT2D eigenvalue weighted by atomic mass is 35.5. The van der Waals surface area contributed by atoms with Gasteiger partial charge in [0.25, 0.3) is 5.56 Å². The number of nitrogens with zero attached hydrogens (tertiary/aromatic N) is 3. The van der Waals surface area contributed by atoms with Gasteiger partial charge in [-0.15, -0.1) is 0 Å². The second-order valence-electron chi connectivity index (χ2n) is 7.59. The standard InChI is InChI=1S/C25H21ClFN3O2S/c1-16(23(31)29(2)15-17-8-4-3-5-9-17)33-25-28-22-11-7-6-10-19(22)24(32)30(25)18-12-13-21(27)20(26)14-18/h3-14,16H,15H2,1-2H3. The smallest absolute Gasteiger partial charge is 0.266 e. The minimum absolute atomic E-state index is 0.102. The summed E-state index contributed by atoms with van der Waals surface area (Å²) >= 11 is 7.16. The van der Waals surface area contributed by atoms with Crippen LogP contribution in [0.2, 0.25) is 5.02 Å². The lowest BCUT2D eigenvalue weighted by Crippen LogP contribution is -2.33. The Morgan fingerprint density at radius 2 is 1.82 bits per heavy atom. The lowest BCUT2D eigenvalue weighted by Gasteiger charge is -2.22. The van der Waals surface area contributed by atoms with Crippen LogP contribution in [-0.4, -0.2) is 32.7 Å². The number of hydrogen-bond acceptors (Lipinski definition) is 4. The molecule has 0 N–H and O–H groups in total. The number of aromatic nitrogens is 2. The molecule has 168 valence electrons. The van der Waals surface area contributed by atoms with Crippen LogP contribution < -0.4 is 5.56 Å². The molecule has 0 saturated carbocycles. The molecule has 0 bridgehead atoms. The van der Waals surface area contributed by atoms with E-state index in [4.69, 9.17) is 11.6 Å². The van der Waals surface area contributed by atoms with Crippen LogP contribution in [0.3, 0.4) is 0 Å². The van der Waals surface area contributed by atoms with Crippen molar-refractivity contribution in [2.45, 2.75) is 23.9 Å². The number of carbonyl (C=O) groups is 1. The molecule has 0 aliphatic rings. The van der Waals surface area contributed by atoms with Crippen LogP contribution in [0, 0.1) is 5.82 Å². The van der Waals surface area contributed by atoms with Crippen LogP contribution in [0.4, 0.5) is 4.39 Å². The largest absolute Gasteiger partial charge is 0.340 e. The van der Waals surface area contributed by atoms with Gasteiger partial charge >= 0.3 is 0 Å². The van der Waals surface area contributed by atoms with Crippen molar-refractivity contribution < 1.29 is 9.18 Å². The molecule has 8 heteroatoms. The van der Waals surface area contributed by atoms with E-state index in [-0.39, 0.29) is 16.5 Å². The van der Waals surface area contributed by atoms with Gasteiger partial charge in [0.15, 0.2) is 5.16 Å². The van der Waals surface area contributed by atoms with E-state index < -0.39 is 11.1 Å². The van der Waals surface area contributed by atoms with Crippen molar-refractivity contribution in [1.82, 2.24) is 14.5 Å². The summed E-state index contributed by atoms with van der Waals surface area (Å²) in [6.07, 6.45) is 0. The quantitative estimate of drug-likeness (QED) is 0.276. The zero-order chi connectivity index (χ0) is 23.5. The van der Waals surface area contributed by atoms with Gasteiger partial charge < -0.3 is 4.90 Å². The van der Waals surface area contributed by atoms with Crippen molar-refractivity contribution in [2.24, 2.45) is 0 Å². The molecule has 1 unspecified atom stereocenters. The summed E-state index contributed by atoms with van der Waals surface area (Å²) in [5.74, 6) is -0.683. The van der Waals surface area contributed by atoms with E-state index in [9.17, 15) is 14.0 Å². The van der Waals surface area contributed by atoms with E-state index in [0.29, 0.717) is 28.3 Å². The Labute approximate surface area is 199 Å². The maximum atomic E-state index is 13.8. The number of halogens is 2. The topological polar surface area (TPSA) is 55.2 Å². The zero-order valence-corrected chi connectivity index (χ0v) is 19.6. The molecule has 0 saturated heterocycles. The van der Waals surface area contributed by atoms with Crippen LogP contribution in [0.5, 0.6) is 0 Å². The highest BCUT2D eigenvalue weighted by molar-refractivity contribution is 8.00. The Balaban J connectivity index is 1.71. The SMILES string of the molecule is CC(Sc1nc2ccccc2c(=O)n1-c1ccc(F)c(Cl)c1)C(=O)N(C)Cc1ccccc1. The van der Waals surface area contributed by atoms with E-state index in [0.717, 1.165) is 5.56 Å². The summed E-state index contributed by atoms with van der Waals surface area (Å²) in [5.41, 5.74) is 1.60. The fourth-order valence-electron chi connectivity index (χ4n) is 3.50. The molecule has 0 aliphatic carbocycles. The Kier molecular flexibility index (Phi) is 6.81. The van der Waals surface area contributed by atoms with Crippen LogP contribution in [0.25, 0.3) is 16.6 Å². The molecule has 0 radical (unpaired) electrons. The maximum absolute atomic E-state index is 13.8. The van der Waals surface area contributed by atoms with E-state index >= 15 is 0 Å². The predicted octanol–water partition coefficient (Wildman–Crippen LogP) is 5.32. The second kappa shape index (κ2) is 9.77. The summed E-state index contributed by atoms with van der Waals surface area (Å²) in [4.78, 5) is 32.7. The van der Waals surface area contributed by atoms with E-state index in [1.807, 2.05) is 30.3 Å². The van der Waals surface area contributed by atoms with Crippen LogP contribution in [0.1, 0.15) is 12.5 Å². The number of carbonyl (C=O) groups excluding carboxylic acids is 1. The van der Waals surface area contributed by atoms with Crippen molar-refractivity contribution in [1.29, 1.82) is 0 Å². The first-order valence-corrected chi connectivity index (χ1v) is 11.5. The van der Waals surface area contributed by atoms with Crippen molar-refractivity contribution >= 4 is 40.2 Å². The van der Waals surface area contributed by atoms with Crippen LogP contribution >= 0.6 is 23.4 Å². The molecule has 3 aromatic carbocycles. The molecule has 4 aromatic rings. The first-order chi connectivity index (χ1) is 15.8. The average molecular weight is 482 g/mol. The van der Waals surface area contributed by atoms with Gasteiger partial charge in [-0.3, -0.25) is 14.2 Å². The van der Waals surface area contributed by atoms with E-state index in [2.05, 4.69) is 4.98 Å². The van der Waals surface area contributed by atoms with Gasteiger partial charge in [-0.2, -0.15) is 0 Å². The molecular weight excluding hydrogens is 461 g/mol. The Hall–Kier alpha value is -3.16. The molecule has 1 atom stereocenters. The molecule has 33 heavy (non-hydrogen) atoms. The monoisotopic (exact) mass is 481 g/mol. The van der Waals surface area contributed by atoms with Gasteiger partial charge in [-0.05, 0) is 42.8 Å². The molecule has 1 amide bonds. The lowest BCUT2D eigenvalue weighted by atomic mass is 10.2. The highest BCUT2D eigenvalue weighted by Crippen LogP contribution is 2.27. The summed E-state index contributed by atoms with van der Waals surface area (Å²) in [6.45, 7) is 2.24. The number of rotatable bonds is 6. The third-order valence-electron chi connectivity index (χ3n) is 5.18. The molecule has 1 aromatic heterocycles. The normalized spacial score (nSPS) is 12.0. The third kappa shape index (κ3) is 4.94. The molecular formula is C25H21ClFN3O2S. The Morgan fingerprint density at radius 1 is 1.12 bits per heavy atom. The molecule has 4 rings (SSSR count). The summed E-state index contributed by atoms with van der Waals surface area (Å²) < 4.78 is 15.1. The average Bonchev–Trinajstić information content (AvgIpc) is 2.81. The molecule has 1 heterocycles. The molecule has 0 spiro atoms. The molecule has 0 aliphatic heterocycles. The number of fused-ring (bicyclic) bond motifs is 1. The second-order valence-corrected chi connectivity index (χ2v) is 9.31. The zero-order valence-electron chi connectivity index (χ0n) is 18.0. The maximum Gasteiger partial charge on any atom is 0.266 e. The van der Waals surface area contributed by atoms with Crippen molar-refractivity contribution in [3.63, 3.8) is 0 Å². The number of para-hydroxylation sites is 1. The fourth-order valence-corrected chi connectivity index (χ4v) is 4.71.